The van der Waals surface area contributed by atoms with Crippen molar-refractivity contribution in [1.29, 1.82) is 0 Å². The molecule has 4 heteroatoms. The van der Waals surface area contributed by atoms with Crippen LogP contribution in [0.5, 0.6) is 0 Å². The zero-order valence-electron chi connectivity index (χ0n) is 10.2. The van der Waals surface area contributed by atoms with Gasteiger partial charge < -0.3 is 16.4 Å². The number of nitrogens with two attached hydrogens (primary N) is 1. The fourth-order valence-corrected chi connectivity index (χ4v) is 2.04. The van der Waals surface area contributed by atoms with Gasteiger partial charge in [-0.2, -0.15) is 0 Å². The van der Waals surface area contributed by atoms with Crippen molar-refractivity contribution in [2.75, 3.05) is 16.4 Å². The molecule has 0 radical (unpaired) electrons. The summed E-state index contributed by atoms with van der Waals surface area (Å²) in [5.41, 5.74) is 9.54. The van der Waals surface area contributed by atoms with Gasteiger partial charge >= 0.3 is 0 Å². The molecule has 0 saturated carbocycles. The number of fused-ring (bicyclic) bond motifs is 1. The minimum Gasteiger partial charge on any atom is -0.399 e. The number of hydrogen-bond acceptors (Lipinski definition) is 3. The molecule has 0 atom stereocenters. The molecular formula is C15H13N3O. The molecule has 94 valence electrons. The minimum atomic E-state index is -0.121. The summed E-state index contributed by atoms with van der Waals surface area (Å²) in [6.07, 6.45) is 1.70. The molecular weight excluding hydrogens is 238 g/mol. The molecule has 2 aromatic rings. The maximum atomic E-state index is 11.9. The van der Waals surface area contributed by atoms with Crippen molar-refractivity contribution in [2.24, 2.45) is 0 Å². The van der Waals surface area contributed by atoms with Crippen LogP contribution in [-0.2, 0) is 4.79 Å². The third kappa shape index (κ3) is 2.15. The summed E-state index contributed by atoms with van der Waals surface area (Å²) < 4.78 is 0. The Hall–Kier alpha value is -2.75. The van der Waals surface area contributed by atoms with Gasteiger partial charge in [0.2, 0.25) is 0 Å². The van der Waals surface area contributed by atoms with E-state index in [4.69, 9.17) is 5.73 Å². The lowest BCUT2D eigenvalue weighted by Crippen LogP contribution is -2.05. The van der Waals surface area contributed by atoms with Crippen molar-refractivity contribution in [3.05, 3.63) is 60.3 Å². The summed E-state index contributed by atoms with van der Waals surface area (Å²) in [6, 6.07) is 15.1. The van der Waals surface area contributed by atoms with Crippen LogP contribution in [0.3, 0.4) is 0 Å². The predicted molar refractivity (Wildman–Crippen MR) is 77.5 cm³/mol. The van der Waals surface area contributed by atoms with Crippen molar-refractivity contribution >= 4 is 28.5 Å². The summed E-state index contributed by atoms with van der Waals surface area (Å²) in [6.45, 7) is 0. The van der Waals surface area contributed by atoms with Crippen molar-refractivity contribution in [2.45, 2.75) is 0 Å². The maximum absolute atomic E-state index is 11.9. The Balaban J connectivity index is 1.93. The first-order chi connectivity index (χ1) is 9.24. The van der Waals surface area contributed by atoms with Gasteiger partial charge in [0.05, 0.1) is 5.57 Å². The summed E-state index contributed by atoms with van der Waals surface area (Å²) in [4.78, 5) is 11.9. The molecule has 0 saturated heterocycles. The first-order valence-corrected chi connectivity index (χ1v) is 5.97. The summed E-state index contributed by atoms with van der Waals surface area (Å²) in [7, 11) is 0. The highest BCUT2D eigenvalue weighted by Gasteiger charge is 2.23. The molecule has 1 heterocycles. The number of amides is 1. The van der Waals surface area contributed by atoms with Crippen molar-refractivity contribution in [3.8, 4) is 0 Å². The first-order valence-electron chi connectivity index (χ1n) is 5.97. The number of rotatable bonds is 2. The summed E-state index contributed by atoms with van der Waals surface area (Å²) >= 11 is 0. The van der Waals surface area contributed by atoms with Crippen LogP contribution in [0, 0.1) is 0 Å². The number of anilines is 3. The fraction of sp³-hybridized carbons (Fsp3) is 0. The van der Waals surface area contributed by atoms with E-state index in [1.54, 1.807) is 18.3 Å². The minimum absolute atomic E-state index is 0.121. The van der Waals surface area contributed by atoms with E-state index in [1.807, 2.05) is 36.4 Å². The number of hydrogen-bond donors (Lipinski definition) is 3. The first kappa shape index (κ1) is 11.3. The van der Waals surface area contributed by atoms with Crippen LogP contribution in [-0.4, -0.2) is 5.91 Å². The Kier molecular flexibility index (Phi) is 2.68. The largest absolute Gasteiger partial charge is 0.399 e. The molecule has 3 rings (SSSR count). The SMILES string of the molecule is Nc1ccc2c(c1)C(=CNc1ccccc1)C(=O)N2. The number of nitrogen functional groups attached to an aromatic ring is 1. The Labute approximate surface area is 110 Å². The van der Waals surface area contributed by atoms with Gasteiger partial charge in [0, 0.05) is 28.8 Å². The van der Waals surface area contributed by atoms with Gasteiger partial charge in [0.15, 0.2) is 0 Å². The zero-order chi connectivity index (χ0) is 13.2. The molecule has 0 unspecified atom stereocenters. The lowest BCUT2D eigenvalue weighted by atomic mass is 10.1. The molecule has 4 N–H and O–H groups in total. The van der Waals surface area contributed by atoms with Crippen molar-refractivity contribution in [3.63, 3.8) is 0 Å². The Bertz CT molecular complexity index is 662. The van der Waals surface area contributed by atoms with Gasteiger partial charge in [-0.25, -0.2) is 0 Å². The van der Waals surface area contributed by atoms with Gasteiger partial charge in [-0.15, -0.1) is 0 Å². The lowest BCUT2D eigenvalue weighted by molar-refractivity contribution is -0.110. The Morgan fingerprint density at radius 3 is 2.68 bits per heavy atom. The van der Waals surface area contributed by atoms with Gasteiger partial charge in [0.1, 0.15) is 0 Å². The third-order valence-corrected chi connectivity index (χ3v) is 2.98. The van der Waals surface area contributed by atoms with Crippen LogP contribution in [0.2, 0.25) is 0 Å². The molecule has 0 aromatic heterocycles. The summed E-state index contributed by atoms with van der Waals surface area (Å²) in [5.74, 6) is -0.121. The number of para-hydroxylation sites is 1. The average molecular weight is 251 g/mol. The number of carbonyl (C=O) groups excluding carboxylic acids is 1. The highest BCUT2D eigenvalue weighted by molar-refractivity contribution is 6.31. The number of benzene rings is 2. The lowest BCUT2D eigenvalue weighted by Gasteiger charge is -2.02. The monoisotopic (exact) mass is 251 g/mol. The molecule has 1 aliphatic rings. The highest BCUT2D eigenvalue weighted by Crippen LogP contribution is 2.32. The standard InChI is InChI=1S/C15H13N3O/c16-10-6-7-14-12(8-10)13(15(19)18-14)9-17-11-4-2-1-3-5-11/h1-9,17H,16H2,(H,18,19). The van der Waals surface area contributed by atoms with E-state index < -0.39 is 0 Å². The highest BCUT2D eigenvalue weighted by atomic mass is 16.2. The van der Waals surface area contributed by atoms with Gasteiger partial charge in [-0.05, 0) is 30.3 Å². The molecule has 0 fully saturated rings. The van der Waals surface area contributed by atoms with Gasteiger partial charge in [-0.3, -0.25) is 4.79 Å². The second kappa shape index (κ2) is 4.49. The van der Waals surface area contributed by atoms with E-state index in [-0.39, 0.29) is 5.91 Å². The molecule has 1 aliphatic heterocycles. The van der Waals surface area contributed by atoms with E-state index in [1.165, 1.54) is 0 Å². The van der Waals surface area contributed by atoms with Crippen LogP contribution < -0.4 is 16.4 Å². The quantitative estimate of drug-likeness (QED) is 0.568. The Morgan fingerprint density at radius 1 is 1.11 bits per heavy atom. The Morgan fingerprint density at radius 2 is 1.89 bits per heavy atom. The van der Waals surface area contributed by atoms with Gasteiger partial charge in [-0.1, -0.05) is 18.2 Å². The molecule has 0 spiro atoms. The van der Waals surface area contributed by atoms with Crippen molar-refractivity contribution < 1.29 is 4.79 Å². The van der Waals surface area contributed by atoms with E-state index in [2.05, 4.69) is 10.6 Å². The smallest absolute Gasteiger partial charge is 0.257 e. The van der Waals surface area contributed by atoms with Crippen LogP contribution in [0.15, 0.2) is 54.7 Å². The number of nitrogens with one attached hydrogen (secondary N) is 2. The fourth-order valence-electron chi connectivity index (χ4n) is 2.04. The molecule has 2 aromatic carbocycles. The van der Waals surface area contributed by atoms with Crippen LogP contribution >= 0.6 is 0 Å². The maximum Gasteiger partial charge on any atom is 0.257 e. The van der Waals surface area contributed by atoms with Crippen molar-refractivity contribution in [1.82, 2.24) is 0 Å². The molecule has 1 amide bonds. The van der Waals surface area contributed by atoms with Gasteiger partial charge in [0.25, 0.3) is 5.91 Å². The zero-order valence-corrected chi connectivity index (χ0v) is 10.2. The van der Waals surface area contributed by atoms with Crippen LogP contribution in [0.1, 0.15) is 5.56 Å². The van der Waals surface area contributed by atoms with E-state index >= 15 is 0 Å². The van der Waals surface area contributed by atoms with E-state index in [0.717, 1.165) is 16.9 Å². The summed E-state index contributed by atoms with van der Waals surface area (Å²) in [5, 5.41) is 5.92. The van der Waals surface area contributed by atoms with E-state index in [0.29, 0.717) is 11.3 Å². The topological polar surface area (TPSA) is 67.1 Å². The molecule has 0 bridgehead atoms. The molecule has 19 heavy (non-hydrogen) atoms. The second-order valence-corrected chi connectivity index (χ2v) is 4.33. The average Bonchev–Trinajstić information content (AvgIpc) is 2.73. The van der Waals surface area contributed by atoms with Crippen LogP contribution in [0.4, 0.5) is 17.1 Å². The van der Waals surface area contributed by atoms with Crippen LogP contribution in [0.25, 0.3) is 5.57 Å². The molecule has 4 nitrogen and oxygen atoms in total. The third-order valence-electron chi connectivity index (χ3n) is 2.98. The normalized spacial score (nSPS) is 15.2. The molecule has 0 aliphatic carbocycles. The van der Waals surface area contributed by atoms with E-state index in [9.17, 15) is 4.79 Å². The predicted octanol–water partition coefficient (Wildman–Crippen LogP) is 2.67. The second-order valence-electron chi connectivity index (χ2n) is 4.33. The number of carbonyl (C=O) groups is 1.